The van der Waals surface area contributed by atoms with Gasteiger partial charge in [0.25, 0.3) is 0 Å². The van der Waals surface area contributed by atoms with E-state index >= 15 is 0 Å². The number of hydrogen-bond donors (Lipinski definition) is 2. The number of anilines is 1. The molecule has 2 rings (SSSR count). The Balaban J connectivity index is 2.00. The van der Waals surface area contributed by atoms with Gasteiger partial charge in [-0.1, -0.05) is 0 Å². The standard InChI is InChI=1S/C17H24N2O5/c1-3-23-14-8-7-12(10-15(14)24-4-2)18-16(20)11-19-9-5-6-13(19)17(21)22/h7-8,10,13H,3-6,9,11H2,1-2H3,(H,18,20)(H,21,22)/t13-/m1/s1. The first-order chi connectivity index (χ1) is 11.5. The summed E-state index contributed by atoms with van der Waals surface area (Å²) in [7, 11) is 0. The molecule has 1 heterocycles. The van der Waals surface area contributed by atoms with Crippen molar-refractivity contribution in [3.05, 3.63) is 18.2 Å². The van der Waals surface area contributed by atoms with E-state index in [2.05, 4.69) is 5.32 Å². The van der Waals surface area contributed by atoms with E-state index in [-0.39, 0.29) is 12.5 Å². The number of carboxylic acids is 1. The van der Waals surface area contributed by atoms with Gasteiger partial charge in [-0.2, -0.15) is 0 Å². The third-order valence-corrected chi connectivity index (χ3v) is 3.82. The van der Waals surface area contributed by atoms with Crippen molar-refractivity contribution < 1.29 is 24.2 Å². The third kappa shape index (κ3) is 4.61. The van der Waals surface area contributed by atoms with E-state index in [4.69, 9.17) is 14.6 Å². The lowest BCUT2D eigenvalue weighted by Crippen LogP contribution is -2.40. The molecule has 1 aromatic rings. The Bertz CT molecular complexity index is 590. The number of benzene rings is 1. The number of amides is 1. The largest absolute Gasteiger partial charge is 0.490 e. The van der Waals surface area contributed by atoms with Crippen molar-refractivity contribution >= 4 is 17.6 Å². The fourth-order valence-corrected chi connectivity index (χ4v) is 2.81. The molecule has 7 heteroatoms. The molecule has 0 bridgehead atoms. The molecule has 0 unspecified atom stereocenters. The summed E-state index contributed by atoms with van der Waals surface area (Å²) in [6.45, 7) is 5.47. The number of carboxylic acid groups (broad SMARTS) is 1. The van der Waals surface area contributed by atoms with E-state index in [0.29, 0.717) is 43.4 Å². The molecule has 1 aliphatic heterocycles. The molecule has 7 nitrogen and oxygen atoms in total. The van der Waals surface area contributed by atoms with Gasteiger partial charge in [-0.05, 0) is 45.4 Å². The molecule has 0 saturated carbocycles. The van der Waals surface area contributed by atoms with Crippen LogP contribution in [0.5, 0.6) is 11.5 Å². The number of carbonyl (C=O) groups excluding carboxylic acids is 1. The van der Waals surface area contributed by atoms with Crippen LogP contribution in [0.4, 0.5) is 5.69 Å². The van der Waals surface area contributed by atoms with Gasteiger partial charge in [-0.15, -0.1) is 0 Å². The fourth-order valence-electron chi connectivity index (χ4n) is 2.81. The second-order valence-electron chi connectivity index (χ2n) is 5.54. The zero-order valence-electron chi connectivity index (χ0n) is 14.1. The molecular weight excluding hydrogens is 312 g/mol. The van der Waals surface area contributed by atoms with Crippen LogP contribution in [0.25, 0.3) is 0 Å². The number of ether oxygens (including phenoxy) is 2. The van der Waals surface area contributed by atoms with Crippen molar-refractivity contribution in [2.75, 3.05) is 31.6 Å². The van der Waals surface area contributed by atoms with Crippen LogP contribution >= 0.6 is 0 Å². The Kier molecular flexibility index (Phi) is 6.43. The molecule has 1 saturated heterocycles. The van der Waals surface area contributed by atoms with Crippen LogP contribution in [0.1, 0.15) is 26.7 Å². The van der Waals surface area contributed by atoms with Crippen LogP contribution in [0.15, 0.2) is 18.2 Å². The summed E-state index contributed by atoms with van der Waals surface area (Å²) in [5.41, 5.74) is 0.595. The van der Waals surface area contributed by atoms with Crippen LogP contribution in [-0.4, -0.2) is 54.2 Å². The van der Waals surface area contributed by atoms with Crippen molar-refractivity contribution in [3.8, 4) is 11.5 Å². The minimum Gasteiger partial charge on any atom is -0.490 e. The Hall–Kier alpha value is -2.28. The number of hydrogen-bond acceptors (Lipinski definition) is 5. The molecule has 0 aliphatic carbocycles. The highest BCUT2D eigenvalue weighted by molar-refractivity contribution is 5.93. The first kappa shape index (κ1) is 18.1. The van der Waals surface area contributed by atoms with Crippen LogP contribution in [0.3, 0.4) is 0 Å². The van der Waals surface area contributed by atoms with E-state index in [1.165, 1.54) is 0 Å². The molecule has 1 aromatic carbocycles. The molecule has 0 spiro atoms. The number of nitrogens with one attached hydrogen (secondary N) is 1. The molecule has 0 radical (unpaired) electrons. The Morgan fingerprint density at radius 1 is 1.25 bits per heavy atom. The number of carbonyl (C=O) groups is 2. The van der Waals surface area contributed by atoms with Crippen molar-refractivity contribution in [3.63, 3.8) is 0 Å². The Morgan fingerprint density at radius 2 is 1.96 bits per heavy atom. The smallest absolute Gasteiger partial charge is 0.320 e. The quantitative estimate of drug-likeness (QED) is 0.755. The summed E-state index contributed by atoms with van der Waals surface area (Å²) in [4.78, 5) is 25.1. The van der Waals surface area contributed by atoms with Gasteiger partial charge < -0.3 is 19.9 Å². The topological polar surface area (TPSA) is 88.1 Å². The number of aliphatic carboxylic acids is 1. The zero-order chi connectivity index (χ0) is 17.5. The molecule has 2 N–H and O–H groups in total. The maximum Gasteiger partial charge on any atom is 0.320 e. The highest BCUT2D eigenvalue weighted by Gasteiger charge is 2.31. The summed E-state index contributed by atoms with van der Waals surface area (Å²) in [5, 5.41) is 11.9. The highest BCUT2D eigenvalue weighted by atomic mass is 16.5. The second-order valence-corrected chi connectivity index (χ2v) is 5.54. The summed E-state index contributed by atoms with van der Waals surface area (Å²) in [6.07, 6.45) is 1.38. The van der Waals surface area contributed by atoms with E-state index < -0.39 is 12.0 Å². The first-order valence-corrected chi connectivity index (χ1v) is 8.21. The van der Waals surface area contributed by atoms with Crippen LogP contribution < -0.4 is 14.8 Å². The number of likely N-dealkylation sites (tertiary alicyclic amines) is 1. The normalized spacial score (nSPS) is 17.5. The number of rotatable bonds is 8. The van der Waals surface area contributed by atoms with E-state index in [1.807, 2.05) is 13.8 Å². The van der Waals surface area contributed by atoms with Gasteiger partial charge in [-0.25, -0.2) is 0 Å². The monoisotopic (exact) mass is 336 g/mol. The zero-order valence-corrected chi connectivity index (χ0v) is 14.1. The minimum absolute atomic E-state index is 0.0636. The Labute approximate surface area is 141 Å². The van der Waals surface area contributed by atoms with Crippen LogP contribution in [-0.2, 0) is 9.59 Å². The minimum atomic E-state index is -0.875. The van der Waals surface area contributed by atoms with Gasteiger partial charge in [-0.3, -0.25) is 14.5 Å². The second kappa shape index (κ2) is 8.54. The van der Waals surface area contributed by atoms with Gasteiger partial charge in [0.05, 0.1) is 19.8 Å². The molecule has 24 heavy (non-hydrogen) atoms. The molecule has 1 fully saturated rings. The van der Waals surface area contributed by atoms with Crippen molar-refractivity contribution in [2.24, 2.45) is 0 Å². The van der Waals surface area contributed by atoms with Crippen molar-refractivity contribution in [1.29, 1.82) is 0 Å². The van der Waals surface area contributed by atoms with E-state index in [0.717, 1.165) is 6.42 Å². The van der Waals surface area contributed by atoms with Crippen molar-refractivity contribution in [1.82, 2.24) is 4.90 Å². The molecule has 1 aliphatic rings. The molecule has 132 valence electrons. The molecule has 1 atom stereocenters. The maximum absolute atomic E-state index is 12.2. The van der Waals surface area contributed by atoms with E-state index in [1.54, 1.807) is 23.1 Å². The van der Waals surface area contributed by atoms with E-state index in [9.17, 15) is 9.59 Å². The van der Waals surface area contributed by atoms with Gasteiger partial charge in [0.1, 0.15) is 6.04 Å². The average molecular weight is 336 g/mol. The lowest BCUT2D eigenvalue weighted by molar-refractivity contribution is -0.142. The van der Waals surface area contributed by atoms with Gasteiger partial charge >= 0.3 is 5.97 Å². The lowest BCUT2D eigenvalue weighted by Gasteiger charge is -2.20. The average Bonchev–Trinajstić information content (AvgIpc) is 2.98. The first-order valence-electron chi connectivity index (χ1n) is 8.21. The highest BCUT2D eigenvalue weighted by Crippen LogP contribution is 2.30. The summed E-state index contributed by atoms with van der Waals surface area (Å²) in [6, 6.07) is 4.63. The summed E-state index contributed by atoms with van der Waals surface area (Å²) in [5.74, 6) is 0.0827. The van der Waals surface area contributed by atoms with Crippen LogP contribution in [0, 0.1) is 0 Å². The molecule has 0 aromatic heterocycles. The van der Waals surface area contributed by atoms with Crippen LogP contribution in [0.2, 0.25) is 0 Å². The van der Waals surface area contributed by atoms with Crippen molar-refractivity contribution in [2.45, 2.75) is 32.7 Å². The maximum atomic E-state index is 12.2. The van der Waals surface area contributed by atoms with Gasteiger partial charge in [0, 0.05) is 11.8 Å². The SMILES string of the molecule is CCOc1ccc(NC(=O)CN2CCC[C@@H]2C(=O)O)cc1OCC. The van der Waals surface area contributed by atoms with Gasteiger partial charge in [0.15, 0.2) is 11.5 Å². The predicted molar refractivity (Wildman–Crippen MR) is 89.6 cm³/mol. The summed E-state index contributed by atoms with van der Waals surface area (Å²) < 4.78 is 11.0. The predicted octanol–water partition coefficient (Wildman–Crippen LogP) is 1.97. The molecular formula is C17H24N2O5. The third-order valence-electron chi connectivity index (χ3n) is 3.82. The molecule has 1 amide bonds. The van der Waals surface area contributed by atoms with Gasteiger partial charge in [0.2, 0.25) is 5.91 Å². The fraction of sp³-hybridized carbons (Fsp3) is 0.529. The lowest BCUT2D eigenvalue weighted by atomic mass is 10.2. The Morgan fingerprint density at radius 3 is 2.62 bits per heavy atom. The number of nitrogens with zero attached hydrogens (tertiary/aromatic N) is 1. The summed E-state index contributed by atoms with van der Waals surface area (Å²) >= 11 is 0.